The molecule has 16 heavy (non-hydrogen) atoms. The maximum Gasteiger partial charge on any atom is 0.419 e. The number of halogens is 3. The molecule has 1 unspecified atom stereocenters. The van der Waals surface area contributed by atoms with Crippen molar-refractivity contribution in [3.8, 4) is 0 Å². The van der Waals surface area contributed by atoms with Crippen LogP contribution in [-0.2, 0) is 10.9 Å². The van der Waals surface area contributed by atoms with Gasteiger partial charge in [-0.3, -0.25) is 4.68 Å². The lowest BCUT2D eigenvalue weighted by atomic mass is 10.3. The van der Waals surface area contributed by atoms with E-state index in [9.17, 15) is 13.2 Å². The van der Waals surface area contributed by atoms with E-state index in [1.807, 2.05) is 0 Å². The molecule has 1 rings (SSSR count). The SMILES string of the molecule is CNCC(COC)n1cc(C(F)(F)F)cn1. The van der Waals surface area contributed by atoms with Crippen LogP contribution in [0.5, 0.6) is 0 Å². The third kappa shape index (κ3) is 3.21. The summed E-state index contributed by atoms with van der Waals surface area (Å²) in [6.45, 7) is 0.798. The number of nitrogens with zero attached hydrogens (tertiary/aromatic N) is 2. The molecule has 4 nitrogen and oxygen atoms in total. The highest BCUT2D eigenvalue weighted by Gasteiger charge is 2.32. The molecule has 0 aromatic carbocycles. The van der Waals surface area contributed by atoms with Crippen LogP contribution in [0.4, 0.5) is 13.2 Å². The minimum absolute atomic E-state index is 0.244. The number of hydrogen-bond donors (Lipinski definition) is 1. The summed E-state index contributed by atoms with van der Waals surface area (Å²) in [7, 11) is 3.22. The first-order valence-electron chi connectivity index (χ1n) is 4.74. The zero-order valence-corrected chi connectivity index (χ0v) is 9.08. The Balaban J connectivity index is 2.81. The minimum Gasteiger partial charge on any atom is -0.382 e. The van der Waals surface area contributed by atoms with Gasteiger partial charge in [0.1, 0.15) is 0 Å². The minimum atomic E-state index is -4.35. The van der Waals surface area contributed by atoms with Crippen molar-refractivity contribution < 1.29 is 17.9 Å². The molecule has 0 aliphatic carbocycles. The van der Waals surface area contributed by atoms with Crippen LogP contribution in [0.1, 0.15) is 11.6 Å². The van der Waals surface area contributed by atoms with Gasteiger partial charge < -0.3 is 10.1 Å². The van der Waals surface area contributed by atoms with E-state index in [1.165, 1.54) is 11.8 Å². The lowest BCUT2D eigenvalue weighted by Crippen LogP contribution is -2.26. The number of aromatic nitrogens is 2. The molecule has 0 spiro atoms. The van der Waals surface area contributed by atoms with Gasteiger partial charge in [-0.15, -0.1) is 0 Å². The number of rotatable bonds is 5. The second-order valence-corrected chi connectivity index (χ2v) is 3.37. The number of ether oxygens (including phenoxy) is 1. The molecule has 1 atom stereocenters. The van der Waals surface area contributed by atoms with Gasteiger partial charge in [0.05, 0.1) is 24.4 Å². The Morgan fingerprint density at radius 1 is 1.56 bits per heavy atom. The Morgan fingerprint density at radius 2 is 2.25 bits per heavy atom. The van der Waals surface area contributed by atoms with Gasteiger partial charge in [-0.05, 0) is 7.05 Å². The molecular formula is C9H14F3N3O. The van der Waals surface area contributed by atoms with Crippen LogP contribution in [0, 0.1) is 0 Å². The molecule has 1 aromatic rings. The summed E-state index contributed by atoms with van der Waals surface area (Å²) >= 11 is 0. The monoisotopic (exact) mass is 237 g/mol. The summed E-state index contributed by atoms with van der Waals surface area (Å²) in [5.74, 6) is 0. The molecule has 7 heteroatoms. The molecule has 0 saturated carbocycles. The highest BCUT2D eigenvalue weighted by molar-refractivity contribution is 5.08. The highest BCUT2D eigenvalue weighted by Crippen LogP contribution is 2.29. The van der Waals surface area contributed by atoms with Crippen LogP contribution >= 0.6 is 0 Å². The fraction of sp³-hybridized carbons (Fsp3) is 0.667. The fourth-order valence-electron chi connectivity index (χ4n) is 1.34. The Morgan fingerprint density at radius 3 is 2.69 bits per heavy atom. The molecule has 1 heterocycles. The molecule has 92 valence electrons. The van der Waals surface area contributed by atoms with Gasteiger partial charge in [0.15, 0.2) is 0 Å². The molecular weight excluding hydrogens is 223 g/mol. The third-order valence-electron chi connectivity index (χ3n) is 2.10. The zero-order chi connectivity index (χ0) is 12.2. The van der Waals surface area contributed by atoms with E-state index in [0.717, 1.165) is 12.4 Å². The van der Waals surface area contributed by atoms with Crippen molar-refractivity contribution >= 4 is 0 Å². The lowest BCUT2D eigenvalue weighted by molar-refractivity contribution is -0.137. The lowest BCUT2D eigenvalue weighted by Gasteiger charge is -2.15. The van der Waals surface area contributed by atoms with E-state index in [1.54, 1.807) is 7.05 Å². The van der Waals surface area contributed by atoms with Crippen LogP contribution in [0.2, 0.25) is 0 Å². The van der Waals surface area contributed by atoms with Crippen molar-refractivity contribution in [3.63, 3.8) is 0 Å². The Kier molecular flexibility index (Phi) is 4.31. The smallest absolute Gasteiger partial charge is 0.382 e. The molecule has 0 fully saturated rings. The topological polar surface area (TPSA) is 39.1 Å². The first-order chi connectivity index (χ1) is 7.49. The van der Waals surface area contributed by atoms with Crippen LogP contribution in [0.15, 0.2) is 12.4 Å². The Bertz CT molecular complexity index is 318. The van der Waals surface area contributed by atoms with E-state index in [-0.39, 0.29) is 6.04 Å². The van der Waals surface area contributed by atoms with Crippen LogP contribution < -0.4 is 5.32 Å². The Hall–Kier alpha value is -1.08. The average Bonchev–Trinajstić information content (AvgIpc) is 2.65. The quantitative estimate of drug-likeness (QED) is 0.839. The molecule has 0 saturated heterocycles. The molecule has 1 N–H and O–H groups in total. The van der Waals surface area contributed by atoms with Crippen LogP contribution in [-0.4, -0.2) is 37.1 Å². The predicted molar refractivity (Wildman–Crippen MR) is 52.1 cm³/mol. The van der Waals surface area contributed by atoms with Gasteiger partial charge in [-0.2, -0.15) is 18.3 Å². The molecule has 0 aliphatic heterocycles. The van der Waals surface area contributed by atoms with E-state index in [0.29, 0.717) is 13.2 Å². The van der Waals surface area contributed by atoms with Gasteiger partial charge in [0.2, 0.25) is 0 Å². The highest BCUT2D eigenvalue weighted by atomic mass is 19.4. The molecule has 0 aliphatic rings. The predicted octanol–water partition coefficient (Wildman–Crippen LogP) is 1.31. The van der Waals surface area contributed by atoms with Crippen LogP contribution in [0.3, 0.4) is 0 Å². The number of methoxy groups -OCH3 is 1. The Labute approximate surface area is 91.4 Å². The first-order valence-corrected chi connectivity index (χ1v) is 4.74. The summed E-state index contributed by atoms with van der Waals surface area (Å²) in [4.78, 5) is 0. The van der Waals surface area contributed by atoms with Crippen molar-refractivity contribution in [1.29, 1.82) is 0 Å². The van der Waals surface area contributed by atoms with E-state index < -0.39 is 11.7 Å². The third-order valence-corrected chi connectivity index (χ3v) is 2.10. The van der Waals surface area contributed by atoms with E-state index in [2.05, 4.69) is 10.4 Å². The maximum atomic E-state index is 12.3. The van der Waals surface area contributed by atoms with Gasteiger partial charge in [-0.1, -0.05) is 0 Å². The van der Waals surface area contributed by atoms with Crippen molar-refractivity contribution in [2.75, 3.05) is 27.3 Å². The number of nitrogens with one attached hydrogen (secondary N) is 1. The molecule has 0 radical (unpaired) electrons. The van der Waals surface area contributed by atoms with Crippen molar-refractivity contribution in [3.05, 3.63) is 18.0 Å². The number of likely N-dealkylation sites (N-methyl/N-ethyl adjacent to an activating group) is 1. The summed E-state index contributed by atoms with van der Waals surface area (Å²) in [5.41, 5.74) is -0.746. The van der Waals surface area contributed by atoms with Gasteiger partial charge in [-0.25, -0.2) is 0 Å². The second-order valence-electron chi connectivity index (χ2n) is 3.37. The van der Waals surface area contributed by atoms with Crippen molar-refractivity contribution in [2.24, 2.45) is 0 Å². The average molecular weight is 237 g/mol. The maximum absolute atomic E-state index is 12.3. The summed E-state index contributed by atoms with van der Waals surface area (Å²) < 4.78 is 43.2. The van der Waals surface area contributed by atoms with Crippen LogP contribution in [0.25, 0.3) is 0 Å². The van der Waals surface area contributed by atoms with Crippen molar-refractivity contribution in [2.45, 2.75) is 12.2 Å². The molecule has 1 aromatic heterocycles. The van der Waals surface area contributed by atoms with E-state index >= 15 is 0 Å². The van der Waals surface area contributed by atoms with Gasteiger partial charge in [0, 0.05) is 19.9 Å². The van der Waals surface area contributed by atoms with Crippen molar-refractivity contribution in [1.82, 2.24) is 15.1 Å². The second kappa shape index (κ2) is 5.31. The van der Waals surface area contributed by atoms with Gasteiger partial charge in [0.25, 0.3) is 0 Å². The summed E-state index contributed by atoms with van der Waals surface area (Å²) in [6.07, 6.45) is -2.55. The van der Waals surface area contributed by atoms with Gasteiger partial charge >= 0.3 is 6.18 Å². The normalized spacial score (nSPS) is 14.1. The fourth-order valence-corrected chi connectivity index (χ4v) is 1.34. The molecule has 0 amide bonds. The largest absolute Gasteiger partial charge is 0.419 e. The number of hydrogen-bond acceptors (Lipinski definition) is 3. The first kappa shape index (κ1) is 13.0. The summed E-state index contributed by atoms with van der Waals surface area (Å²) in [6, 6.07) is -0.244. The standard InChI is InChI=1S/C9H14F3N3O/c1-13-4-8(6-16-2)15-5-7(3-14-15)9(10,11)12/h3,5,8,13H,4,6H2,1-2H3. The summed E-state index contributed by atoms with van der Waals surface area (Å²) in [5, 5.41) is 6.57. The van der Waals surface area contributed by atoms with E-state index in [4.69, 9.17) is 4.74 Å². The zero-order valence-electron chi connectivity index (χ0n) is 9.08. The number of alkyl halides is 3. The molecule has 0 bridgehead atoms.